The lowest BCUT2D eigenvalue weighted by molar-refractivity contribution is -0.668. The van der Waals surface area contributed by atoms with Crippen LogP contribution >= 0.6 is 11.3 Å². The van der Waals surface area contributed by atoms with E-state index in [-0.39, 0.29) is 12.4 Å². The van der Waals surface area contributed by atoms with Crippen LogP contribution in [-0.4, -0.2) is 40.6 Å². The topological polar surface area (TPSA) is 117 Å². The van der Waals surface area contributed by atoms with Gasteiger partial charge < -0.3 is 9.64 Å². The molecule has 0 radical (unpaired) electrons. The van der Waals surface area contributed by atoms with Crippen molar-refractivity contribution in [3.05, 3.63) is 95.8 Å². The molecule has 9 nitrogen and oxygen atoms in total. The summed E-state index contributed by atoms with van der Waals surface area (Å²) in [5.74, 6) is 1.11. The lowest BCUT2D eigenvalue weighted by Crippen LogP contribution is -2.36. The Labute approximate surface area is 268 Å². The van der Waals surface area contributed by atoms with E-state index in [0.717, 1.165) is 48.6 Å². The largest absolute Gasteiger partial charge is 0.438 e. The summed E-state index contributed by atoms with van der Waals surface area (Å²) in [6.07, 6.45) is 4.21. The second-order valence-corrected chi connectivity index (χ2v) is 14.1. The van der Waals surface area contributed by atoms with Gasteiger partial charge in [0.1, 0.15) is 4.70 Å². The fourth-order valence-electron chi connectivity index (χ4n) is 5.61. The molecule has 0 amide bonds. The molecule has 1 unspecified atom stereocenters. The molecule has 1 aliphatic heterocycles. The molecule has 45 heavy (non-hydrogen) atoms. The highest BCUT2D eigenvalue weighted by atomic mass is 32.2. The molecule has 0 aliphatic carbocycles. The van der Waals surface area contributed by atoms with Crippen LogP contribution in [-0.2, 0) is 32.2 Å². The van der Waals surface area contributed by atoms with Crippen molar-refractivity contribution in [2.24, 2.45) is 0 Å². The average molecular weight is 666 g/mol. The van der Waals surface area contributed by atoms with Gasteiger partial charge in [-0.1, -0.05) is 72.0 Å². The summed E-state index contributed by atoms with van der Waals surface area (Å²) in [5.41, 5.74) is 4.15. The number of unbranched alkanes of at least 4 members (excludes halogenated alkanes) is 2. The normalized spacial score (nSPS) is 14.7. The highest BCUT2D eigenvalue weighted by Gasteiger charge is 2.30. The van der Waals surface area contributed by atoms with Crippen LogP contribution in [0.4, 0.5) is 5.69 Å². The molecule has 5 aromatic rings. The first kappa shape index (κ1) is 31.3. The Hall–Kier alpha value is -3.65. The van der Waals surface area contributed by atoms with Gasteiger partial charge in [0.2, 0.25) is 11.4 Å². The van der Waals surface area contributed by atoms with E-state index in [1.165, 1.54) is 0 Å². The lowest BCUT2D eigenvalue weighted by Gasteiger charge is -2.18. The zero-order valence-corrected chi connectivity index (χ0v) is 26.8. The summed E-state index contributed by atoms with van der Waals surface area (Å²) in [4.78, 5) is 2.13. The molecule has 4 aromatic carbocycles. The molecular weight excluding hydrogens is 633 g/mol. The highest BCUT2D eigenvalue weighted by Crippen LogP contribution is 2.42. The van der Waals surface area contributed by atoms with Gasteiger partial charge >= 0.3 is 11.4 Å². The third-order valence-corrected chi connectivity index (χ3v) is 9.96. The Morgan fingerprint density at radius 1 is 0.933 bits per heavy atom. The minimum Gasteiger partial charge on any atom is -0.438 e. The Morgan fingerprint density at radius 2 is 1.73 bits per heavy atom. The van der Waals surface area contributed by atoms with Crippen molar-refractivity contribution in [2.75, 3.05) is 23.8 Å². The van der Waals surface area contributed by atoms with Gasteiger partial charge in [0.05, 0.1) is 29.5 Å². The number of rotatable bonds is 13. The van der Waals surface area contributed by atoms with Gasteiger partial charge in [0.15, 0.2) is 12.3 Å². The maximum Gasteiger partial charge on any atom is 0.301 e. The van der Waals surface area contributed by atoms with E-state index in [2.05, 4.69) is 51.9 Å². The first-order valence-electron chi connectivity index (χ1n) is 14.7. The van der Waals surface area contributed by atoms with Crippen molar-refractivity contribution >= 4 is 65.6 Å². The minimum absolute atomic E-state index is 0.167. The maximum atomic E-state index is 11.4. The Bertz CT molecular complexity index is 1990. The number of anilines is 1. The maximum absolute atomic E-state index is 11.4. The fourth-order valence-corrected chi connectivity index (χ4v) is 7.57. The predicted octanol–water partition coefficient (Wildman–Crippen LogP) is 6.81. The fraction of sp³-hybridized carbons (Fsp3) is 0.242. The predicted molar refractivity (Wildman–Crippen MR) is 179 cm³/mol. The Balaban J connectivity index is 1.39. The van der Waals surface area contributed by atoms with Crippen LogP contribution in [0.3, 0.4) is 0 Å². The average Bonchev–Trinajstić information content (AvgIpc) is 3.55. The summed E-state index contributed by atoms with van der Waals surface area (Å²) >= 11 is -0.657. The van der Waals surface area contributed by atoms with E-state index in [9.17, 15) is 17.2 Å². The van der Waals surface area contributed by atoms with Crippen LogP contribution < -0.4 is 14.2 Å². The van der Waals surface area contributed by atoms with Crippen molar-refractivity contribution in [1.82, 2.24) is 0 Å². The summed E-state index contributed by atoms with van der Waals surface area (Å²) < 4.78 is 66.6. The zero-order chi connectivity index (χ0) is 31.4. The standard InChI is InChI=1S/C33H32N2O7S3/c36-44(37)41-20-8-6-18-34-28-22-26(24-10-2-1-3-11-24)14-16-29(28)42-31(34)23-32-35(19-7-9-21-45(38,39)40)33-27-13-5-4-12-25(27)15-17-30(33)43-32/h1-5,10-17,22-23H,6-9,18-21H2,(H-,36,37,38,39,40)/p+1. The third kappa shape index (κ3) is 7.43. The number of hydrogen-bond acceptors (Lipinski definition) is 7. The molecule has 0 fully saturated rings. The Kier molecular flexibility index (Phi) is 9.59. The molecule has 1 aromatic heterocycles. The number of ether oxygens (including phenoxy) is 1. The summed E-state index contributed by atoms with van der Waals surface area (Å²) in [6.45, 7) is 1.32. The molecule has 1 atom stereocenters. The number of aryl methyl sites for hydroxylation is 1. The van der Waals surface area contributed by atoms with Crippen molar-refractivity contribution in [3.63, 3.8) is 0 Å². The molecule has 234 valence electrons. The molecule has 1 aliphatic rings. The smallest absolute Gasteiger partial charge is 0.301 e. The van der Waals surface area contributed by atoms with Crippen molar-refractivity contribution in [3.8, 4) is 16.9 Å². The molecule has 0 spiro atoms. The van der Waals surface area contributed by atoms with Crippen LogP contribution in [0.25, 0.3) is 38.2 Å². The van der Waals surface area contributed by atoms with Gasteiger partial charge in [-0.25, -0.2) is 0 Å². The first-order chi connectivity index (χ1) is 21.8. The molecule has 0 saturated heterocycles. The summed E-state index contributed by atoms with van der Waals surface area (Å²) in [5, 5.41) is 3.16. The lowest BCUT2D eigenvalue weighted by atomic mass is 10.0. The van der Waals surface area contributed by atoms with Crippen molar-refractivity contribution in [1.29, 1.82) is 0 Å². The molecule has 2 heterocycles. The molecular formula is C33H33N2O7S3+. The number of nitrogens with zero attached hydrogens (tertiary/aromatic N) is 2. The van der Waals surface area contributed by atoms with Crippen LogP contribution in [0, 0.1) is 0 Å². The van der Waals surface area contributed by atoms with E-state index in [4.69, 9.17) is 13.5 Å². The van der Waals surface area contributed by atoms with E-state index in [1.807, 2.05) is 48.5 Å². The van der Waals surface area contributed by atoms with E-state index < -0.39 is 21.5 Å². The second-order valence-electron chi connectivity index (χ2n) is 10.7. The number of thiazole rings is 1. The van der Waals surface area contributed by atoms with Gasteiger partial charge in [0, 0.05) is 13.0 Å². The summed E-state index contributed by atoms with van der Waals surface area (Å²) in [7, 11) is -4.04. The first-order valence-corrected chi connectivity index (χ1v) is 18.1. The number of fused-ring (bicyclic) bond motifs is 4. The zero-order valence-electron chi connectivity index (χ0n) is 24.4. The second kappa shape index (κ2) is 13.8. The molecule has 0 saturated carbocycles. The van der Waals surface area contributed by atoms with Gasteiger partial charge in [-0.15, -0.1) is 0 Å². The van der Waals surface area contributed by atoms with Crippen molar-refractivity contribution in [2.45, 2.75) is 32.2 Å². The molecule has 12 heteroatoms. The molecule has 0 bridgehead atoms. The van der Waals surface area contributed by atoms with Crippen LogP contribution in [0.15, 0.2) is 90.8 Å². The van der Waals surface area contributed by atoms with Crippen molar-refractivity contribution < 1.29 is 35.2 Å². The highest BCUT2D eigenvalue weighted by molar-refractivity contribution is 7.85. The van der Waals surface area contributed by atoms with Gasteiger partial charge in [0.25, 0.3) is 15.1 Å². The van der Waals surface area contributed by atoms with Crippen LogP contribution in [0.2, 0.25) is 0 Å². The molecule has 2 N–H and O–H groups in total. The number of aromatic nitrogens is 1. The van der Waals surface area contributed by atoms with Gasteiger partial charge in [-0.2, -0.15) is 17.2 Å². The monoisotopic (exact) mass is 665 g/mol. The van der Waals surface area contributed by atoms with E-state index in [0.29, 0.717) is 44.7 Å². The third-order valence-electron chi connectivity index (χ3n) is 7.69. The van der Waals surface area contributed by atoms with Gasteiger partial charge in [-0.05, 0) is 60.0 Å². The quantitative estimate of drug-likeness (QED) is 0.0610. The number of hydrogen-bond donors (Lipinski definition) is 2. The Morgan fingerprint density at radius 3 is 2.53 bits per heavy atom. The van der Waals surface area contributed by atoms with E-state index >= 15 is 0 Å². The van der Waals surface area contributed by atoms with Crippen LogP contribution in [0.5, 0.6) is 5.75 Å². The van der Waals surface area contributed by atoms with Crippen LogP contribution in [0.1, 0.15) is 30.7 Å². The SMILES string of the molecule is O=S(O)OCCCCN1C(=Cc2sc3ccc4ccccc4c3[n+]2CCCCS(=O)(=O)O)Oc2ccc(-c3ccccc3)cc21. The number of benzene rings is 4. The summed E-state index contributed by atoms with van der Waals surface area (Å²) in [6, 6.07) is 28.7. The van der Waals surface area contributed by atoms with Gasteiger partial charge in [-0.3, -0.25) is 13.3 Å². The minimum atomic E-state index is -4.04. The molecule has 6 rings (SSSR count). The van der Waals surface area contributed by atoms with E-state index in [1.54, 1.807) is 11.3 Å².